The van der Waals surface area contributed by atoms with Gasteiger partial charge < -0.3 is 19.2 Å². The SMILES string of the molecule is CCOC(=O)CS(=O)(=O)c1cc2c(cc1NC(=O)C(C)(C)C)n(C)c(=O)c(=O)n2C. The molecule has 0 saturated carbocycles. The Kier molecular flexibility index (Phi) is 6.26. The lowest BCUT2D eigenvalue weighted by Gasteiger charge is -2.20. The fourth-order valence-corrected chi connectivity index (χ4v) is 3.99. The van der Waals surface area contributed by atoms with Crippen LogP contribution in [0.1, 0.15) is 27.7 Å². The molecular formula is C19H25N3O7S. The van der Waals surface area contributed by atoms with Crippen LogP contribution < -0.4 is 16.4 Å². The van der Waals surface area contributed by atoms with E-state index in [4.69, 9.17) is 4.74 Å². The van der Waals surface area contributed by atoms with Crippen LogP contribution in [0.4, 0.5) is 5.69 Å². The first kappa shape index (κ1) is 23.3. The summed E-state index contributed by atoms with van der Waals surface area (Å²) in [6.45, 7) is 6.50. The highest BCUT2D eigenvalue weighted by Gasteiger charge is 2.28. The van der Waals surface area contributed by atoms with Gasteiger partial charge in [0.1, 0.15) is 0 Å². The Morgan fingerprint density at radius 1 is 1.03 bits per heavy atom. The molecule has 0 aliphatic carbocycles. The van der Waals surface area contributed by atoms with Gasteiger partial charge in [-0.1, -0.05) is 20.8 Å². The molecule has 0 radical (unpaired) electrons. The number of sulfone groups is 1. The number of amides is 1. The second-order valence-electron chi connectivity index (χ2n) is 7.83. The summed E-state index contributed by atoms with van der Waals surface area (Å²) in [5, 5.41) is 2.56. The third kappa shape index (κ3) is 4.45. The van der Waals surface area contributed by atoms with Crippen molar-refractivity contribution in [2.75, 3.05) is 17.7 Å². The molecule has 0 fully saturated rings. The fraction of sp³-hybridized carbons (Fsp3) is 0.474. The van der Waals surface area contributed by atoms with Crippen LogP contribution in [-0.4, -0.2) is 41.8 Å². The average Bonchev–Trinajstić information content (AvgIpc) is 2.63. The third-order valence-electron chi connectivity index (χ3n) is 4.47. The van der Waals surface area contributed by atoms with Gasteiger partial charge in [0.15, 0.2) is 15.6 Å². The molecule has 1 amide bonds. The van der Waals surface area contributed by atoms with Crippen molar-refractivity contribution in [3.63, 3.8) is 0 Å². The van der Waals surface area contributed by atoms with E-state index in [9.17, 15) is 27.6 Å². The van der Waals surface area contributed by atoms with Crippen LogP contribution in [0.5, 0.6) is 0 Å². The normalized spacial score (nSPS) is 12.1. The Balaban J connectivity index is 2.85. The summed E-state index contributed by atoms with van der Waals surface area (Å²) in [6.07, 6.45) is 0. The molecule has 1 aromatic carbocycles. The molecule has 30 heavy (non-hydrogen) atoms. The number of hydrogen-bond acceptors (Lipinski definition) is 7. The second kappa shape index (κ2) is 8.05. The summed E-state index contributed by atoms with van der Waals surface area (Å²) in [5.74, 6) is -2.35. The summed E-state index contributed by atoms with van der Waals surface area (Å²) >= 11 is 0. The van der Waals surface area contributed by atoms with Gasteiger partial charge in [-0.25, -0.2) is 8.42 Å². The summed E-state index contributed by atoms with van der Waals surface area (Å²) < 4.78 is 32.7. The fourth-order valence-electron chi connectivity index (χ4n) is 2.70. The van der Waals surface area contributed by atoms with Crippen molar-refractivity contribution in [1.29, 1.82) is 0 Å². The number of aryl methyl sites for hydroxylation is 2. The molecule has 1 heterocycles. The summed E-state index contributed by atoms with van der Waals surface area (Å²) in [5.41, 5.74) is -2.20. The molecule has 0 bridgehead atoms. The average molecular weight is 439 g/mol. The van der Waals surface area contributed by atoms with E-state index in [0.29, 0.717) is 0 Å². The molecule has 0 aliphatic heterocycles. The van der Waals surface area contributed by atoms with Crippen LogP contribution in [-0.2, 0) is 38.3 Å². The van der Waals surface area contributed by atoms with Crippen molar-refractivity contribution < 1.29 is 22.7 Å². The summed E-state index contributed by atoms with van der Waals surface area (Å²) in [6, 6.07) is 2.47. The maximum absolute atomic E-state index is 13.0. The quantitative estimate of drug-likeness (QED) is 0.531. The minimum absolute atomic E-state index is 0.0102. The molecule has 0 saturated heterocycles. The lowest BCUT2D eigenvalue weighted by Crippen LogP contribution is -2.39. The van der Waals surface area contributed by atoms with Gasteiger partial charge in [-0.3, -0.25) is 19.2 Å². The first-order valence-corrected chi connectivity index (χ1v) is 10.8. The molecule has 10 nitrogen and oxygen atoms in total. The van der Waals surface area contributed by atoms with Gasteiger partial charge in [-0.2, -0.15) is 0 Å². The zero-order valence-corrected chi connectivity index (χ0v) is 18.5. The first-order chi connectivity index (χ1) is 13.7. The maximum Gasteiger partial charge on any atom is 0.321 e. The molecule has 11 heteroatoms. The zero-order chi connectivity index (χ0) is 23.0. The Morgan fingerprint density at radius 3 is 2.00 bits per heavy atom. The van der Waals surface area contributed by atoms with Gasteiger partial charge in [-0.15, -0.1) is 0 Å². The molecule has 0 aliphatic rings. The Morgan fingerprint density at radius 2 is 1.53 bits per heavy atom. The predicted molar refractivity (Wildman–Crippen MR) is 111 cm³/mol. The highest BCUT2D eigenvalue weighted by molar-refractivity contribution is 7.92. The lowest BCUT2D eigenvalue weighted by molar-refractivity contribution is -0.140. The van der Waals surface area contributed by atoms with Gasteiger partial charge in [0.2, 0.25) is 5.91 Å². The van der Waals surface area contributed by atoms with Crippen molar-refractivity contribution in [2.24, 2.45) is 19.5 Å². The van der Waals surface area contributed by atoms with E-state index in [1.807, 2.05) is 0 Å². The third-order valence-corrected chi connectivity index (χ3v) is 6.09. The van der Waals surface area contributed by atoms with E-state index >= 15 is 0 Å². The zero-order valence-electron chi connectivity index (χ0n) is 17.7. The van der Waals surface area contributed by atoms with Crippen molar-refractivity contribution >= 4 is 38.4 Å². The number of rotatable bonds is 5. The number of fused-ring (bicyclic) bond motifs is 1. The van der Waals surface area contributed by atoms with E-state index in [-0.39, 0.29) is 28.2 Å². The molecule has 164 valence electrons. The topological polar surface area (TPSA) is 134 Å². The van der Waals surface area contributed by atoms with Crippen molar-refractivity contribution in [3.05, 3.63) is 32.8 Å². The highest BCUT2D eigenvalue weighted by Crippen LogP contribution is 2.29. The lowest BCUT2D eigenvalue weighted by atomic mass is 9.95. The monoisotopic (exact) mass is 439 g/mol. The highest BCUT2D eigenvalue weighted by atomic mass is 32.2. The molecule has 2 rings (SSSR count). The number of benzene rings is 1. The molecule has 0 atom stereocenters. The standard InChI is InChI=1S/C19H25N3O7S/c1-7-29-15(23)10-30(27,28)14-9-13-12(21(5)16(24)17(25)22(13)6)8-11(14)20-18(26)19(2,3)4/h8-9H,7,10H2,1-6H3,(H,20,26). The number of ether oxygens (including phenoxy) is 1. The van der Waals surface area contributed by atoms with Crippen molar-refractivity contribution in [2.45, 2.75) is 32.6 Å². The predicted octanol–water partition coefficient (Wildman–Crippen LogP) is 0.559. The minimum atomic E-state index is -4.24. The van der Waals surface area contributed by atoms with E-state index in [2.05, 4.69) is 5.32 Å². The van der Waals surface area contributed by atoms with Crippen LogP contribution in [0.3, 0.4) is 0 Å². The molecule has 2 aromatic rings. The van der Waals surface area contributed by atoms with Gasteiger partial charge in [-0.05, 0) is 19.1 Å². The molecule has 0 unspecified atom stereocenters. The largest absolute Gasteiger partial charge is 0.465 e. The number of aromatic nitrogens is 2. The van der Waals surface area contributed by atoms with Gasteiger partial charge in [0.05, 0.1) is 28.2 Å². The Bertz CT molecular complexity index is 1250. The maximum atomic E-state index is 13.0. The van der Waals surface area contributed by atoms with Crippen molar-refractivity contribution in [1.82, 2.24) is 9.13 Å². The van der Waals surface area contributed by atoms with Gasteiger partial charge in [0, 0.05) is 19.5 Å². The smallest absolute Gasteiger partial charge is 0.321 e. The molecule has 0 spiro atoms. The number of esters is 1. The number of anilines is 1. The van der Waals surface area contributed by atoms with Crippen LogP contribution in [0, 0.1) is 5.41 Å². The number of nitrogens with one attached hydrogen (secondary N) is 1. The van der Waals surface area contributed by atoms with Gasteiger partial charge >= 0.3 is 17.1 Å². The molecular weight excluding hydrogens is 414 g/mol. The number of carbonyl (C=O) groups excluding carboxylic acids is 2. The summed E-state index contributed by atoms with van der Waals surface area (Å²) in [4.78, 5) is 48.3. The van der Waals surface area contributed by atoms with E-state index < -0.39 is 44.0 Å². The van der Waals surface area contributed by atoms with E-state index in [1.165, 1.54) is 26.2 Å². The van der Waals surface area contributed by atoms with E-state index in [0.717, 1.165) is 9.13 Å². The second-order valence-corrected chi connectivity index (χ2v) is 9.79. The van der Waals surface area contributed by atoms with Crippen molar-refractivity contribution in [3.8, 4) is 0 Å². The van der Waals surface area contributed by atoms with E-state index in [1.54, 1.807) is 27.7 Å². The van der Waals surface area contributed by atoms with Crippen LogP contribution in [0.2, 0.25) is 0 Å². The number of carbonyl (C=O) groups is 2. The number of nitrogens with zero attached hydrogens (tertiary/aromatic N) is 2. The summed E-state index contributed by atoms with van der Waals surface area (Å²) in [7, 11) is -1.54. The Hall–Kier alpha value is -2.95. The molecule has 1 N–H and O–H groups in total. The van der Waals surface area contributed by atoms with Crippen LogP contribution >= 0.6 is 0 Å². The minimum Gasteiger partial charge on any atom is -0.465 e. The van der Waals surface area contributed by atoms with Crippen LogP contribution in [0.25, 0.3) is 11.0 Å². The number of hydrogen-bond donors (Lipinski definition) is 1. The Labute approximate surface area is 173 Å². The van der Waals surface area contributed by atoms with Gasteiger partial charge in [0.25, 0.3) is 0 Å². The first-order valence-electron chi connectivity index (χ1n) is 9.14. The van der Waals surface area contributed by atoms with Crippen LogP contribution in [0.15, 0.2) is 26.6 Å². The molecule has 1 aromatic heterocycles.